The molecule has 1 aliphatic carbocycles. The number of ether oxygens (including phenoxy) is 1. The van der Waals surface area contributed by atoms with Crippen molar-refractivity contribution in [1.29, 1.82) is 0 Å². The zero-order chi connectivity index (χ0) is 17.1. The molecule has 4 nitrogen and oxygen atoms in total. The first-order valence-corrected chi connectivity index (χ1v) is 8.50. The van der Waals surface area contributed by atoms with Crippen molar-refractivity contribution in [2.75, 3.05) is 0 Å². The van der Waals surface area contributed by atoms with Crippen molar-refractivity contribution in [3.8, 4) is 5.75 Å². The van der Waals surface area contributed by atoms with E-state index in [0.717, 1.165) is 11.1 Å². The fourth-order valence-corrected chi connectivity index (χ4v) is 3.42. The number of hydrogen-bond donors (Lipinski definition) is 2. The van der Waals surface area contributed by atoms with E-state index < -0.39 is 6.09 Å². The van der Waals surface area contributed by atoms with Gasteiger partial charge in [0.2, 0.25) is 0 Å². The van der Waals surface area contributed by atoms with Crippen LogP contribution in [0.4, 0.5) is 9.18 Å². The Morgan fingerprint density at radius 3 is 2.83 bits per heavy atom. The van der Waals surface area contributed by atoms with Crippen molar-refractivity contribution in [2.45, 2.75) is 31.9 Å². The molecule has 0 fully saturated rings. The second-order valence-electron chi connectivity index (χ2n) is 5.80. The summed E-state index contributed by atoms with van der Waals surface area (Å²) >= 11 is 3.27. The van der Waals surface area contributed by atoms with Gasteiger partial charge in [0.25, 0.3) is 0 Å². The van der Waals surface area contributed by atoms with Crippen LogP contribution < -0.4 is 10.1 Å². The number of hydrogen-bond acceptors (Lipinski definition) is 2. The van der Waals surface area contributed by atoms with Crippen LogP contribution in [0.2, 0.25) is 0 Å². The van der Waals surface area contributed by atoms with Crippen LogP contribution in [0.25, 0.3) is 0 Å². The lowest BCUT2D eigenvalue weighted by molar-refractivity contribution is 0.188. The summed E-state index contributed by atoms with van der Waals surface area (Å²) in [6.45, 7) is 0.362. The summed E-state index contributed by atoms with van der Waals surface area (Å²) in [4.78, 5) is 10.8. The smallest absolute Gasteiger partial charge is 0.404 e. The predicted octanol–water partition coefficient (Wildman–Crippen LogP) is 4.29. The van der Waals surface area contributed by atoms with Gasteiger partial charge in [-0.25, -0.2) is 9.18 Å². The first-order valence-electron chi connectivity index (χ1n) is 7.70. The van der Waals surface area contributed by atoms with Gasteiger partial charge in [-0.3, -0.25) is 0 Å². The van der Waals surface area contributed by atoms with Crippen LogP contribution >= 0.6 is 15.9 Å². The normalized spacial score (nSPS) is 16.3. The number of aryl methyl sites for hydroxylation is 1. The zero-order valence-electron chi connectivity index (χ0n) is 12.9. The van der Waals surface area contributed by atoms with Gasteiger partial charge in [-0.05, 0) is 57.9 Å². The SMILES string of the molecule is O=C(O)N[C@@H]1CCc2cc(OCc3ccccc3)c(Br)c(F)c2C1. The van der Waals surface area contributed by atoms with Gasteiger partial charge in [0, 0.05) is 6.04 Å². The van der Waals surface area contributed by atoms with E-state index in [1.165, 1.54) is 0 Å². The maximum absolute atomic E-state index is 14.7. The lowest BCUT2D eigenvalue weighted by atomic mass is 9.87. The number of rotatable bonds is 4. The molecule has 126 valence electrons. The van der Waals surface area contributed by atoms with E-state index in [4.69, 9.17) is 9.84 Å². The average Bonchev–Trinajstić information content (AvgIpc) is 2.58. The Kier molecular flexibility index (Phi) is 5.04. The quantitative estimate of drug-likeness (QED) is 0.814. The molecule has 1 amide bonds. The average molecular weight is 394 g/mol. The fraction of sp³-hybridized carbons (Fsp3) is 0.278. The molecule has 0 radical (unpaired) electrons. The van der Waals surface area contributed by atoms with Gasteiger partial charge in [-0.1, -0.05) is 30.3 Å². The van der Waals surface area contributed by atoms with E-state index in [1.807, 2.05) is 36.4 Å². The highest BCUT2D eigenvalue weighted by atomic mass is 79.9. The number of halogens is 2. The molecule has 1 atom stereocenters. The Labute approximate surface area is 147 Å². The molecule has 2 aromatic carbocycles. The van der Waals surface area contributed by atoms with Crippen LogP contribution in [0, 0.1) is 5.82 Å². The summed E-state index contributed by atoms with van der Waals surface area (Å²) in [5, 5.41) is 11.3. The Hall–Kier alpha value is -2.08. The van der Waals surface area contributed by atoms with E-state index in [-0.39, 0.29) is 16.3 Å². The van der Waals surface area contributed by atoms with Crippen LogP contribution in [-0.2, 0) is 19.4 Å². The summed E-state index contributed by atoms with van der Waals surface area (Å²) in [6.07, 6.45) is 0.543. The van der Waals surface area contributed by atoms with Crippen molar-refractivity contribution >= 4 is 22.0 Å². The van der Waals surface area contributed by atoms with Gasteiger partial charge in [0.1, 0.15) is 18.2 Å². The van der Waals surface area contributed by atoms with Crippen molar-refractivity contribution in [3.05, 3.63) is 63.4 Å². The van der Waals surface area contributed by atoms with E-state index in [0.29, 0.717) is 37.2 Å². The second-order valence-corrected chi connectivity index (χ2v) is 6.60. The molecule has 3 rings (SSSR count). The van der Waals surface area contributed by atoms with Crippen molar-refractivity contribution < 1.29 is 19.0 Å². The lowest BCUT2D eigenvalue weighted by Crippen LogP contribution is -2.38. The summed E-state index contributed by atoms with van der Waals surface area (Å²) in [7, 11) is 0. The highest BCUT2D eigenvalue weighted by molar-refractivity contribution is 9.10. The first kappa shape index (κ1) is 16.8. The van der Waals surface area contributed by atoms with Gasteiger partial charge in [-0.2, -0.15) is 0 Å². The van der Waals surface area contributed by atoms with Gasteiger partial charge in [0.05, 0.1) is 4.47 Å². The van der Waals surface area contributed by atoms with Gasteiger partial charge >= 0.3 is 6.09 Å². The molecule has 0 aliphatic heterocycles. The molecule has 2 aromatic rings. The Morgan fingerprint density at radius 1 is 1.38 bits per heavy atom. The van der Waals surface area contributed by atoms with Crippen LogP contribution in [0.15, 0.2) is 40.9 Å². The summed E-state index contributed by atoms with van der Waals surface area (Å²) in [5.74, 6) is 0.104. The maximum atomic E-state index is 14.7. The molecule has 0 bridgehead atoms. The third-order valence-electron chi connectivity index (χ3n) is 4.14. The minimum absolute atomic E-state index is 0.257. The molecule has 0 spiro atoms. The maximum Gasteiger partial charge on any atom is 0.404 e. The van der Waals surface area contributed by atoms with Crippen LogP contribution in [-0.4, -0.2) is 17.2 Å². The number of carboxylic acid groups (broad SMARTS) is 1. The van der Waals surface area contributed by atoms with Crippen LogP contribution in [0.3, 0.4) is 0 Å². The number of fused-ring (bicyclic) bond motifs is 1. The fourth-order valence-electron chi connectivity index (χ4n) is 2.95. The largest absolute Gasteiger partial charge is 0.488 e. The molecule has 0 saturated carbocycles. The van der Waals surface area contributed by atoms with Gasteiger partial charge in [-0.15, -0.1) is 0 Å². The van der Waals surface area contributed by atoms with Gasteiger partial charge < -0.3 is 15.2 Å². The Morgan fingerprint density at radius 2 is 2.12 bits per heavy atom. The third-order valence-corrected chi connectivity index (χ3v) is 4.88. The number of benzene rings is 2. The minimum atomic E-state index is -1.08. The van der Waals surface area contributed by atoms with Crippen molar-refractivity contribution in [2.24, 2.45) is 0 Å². The van der Waals surface area contributed by atoms with Crippen molar-refractivity contribution in [1.82, 2.24) is 5.32 Å². The summed E-state index contributed by atoms with van der Waals surface area (Å²) < 4.78 is 20.7. The summed E-state index contributed by atoms with van der Waals surface area (Å²) in [5.41, 5.74) is 2.44. The monoisotopic (exact) mass is 393 g/mol. The van der Waals surface area contributed by atoms with E-state index in [9.17, 15) is 9.18 Å². The molecule has 2 N–H and O–H groups in total. The number of amides is 1. The number of carbonyl (C=O) groups is 1. The van der Waals surface area contributed by atoms with Crippen molar-refractivity contribution in [3.63, 3.8) is 0 Å². The topological polar surface area (TPSA) is 58.6 Å². The molecule has 6 heteroatoms. The van der Waals surface area contributed by atoms with Crippen LogP contribution in [0.1, 0.15) is 23.1 Å². The van der Waals surface area contributed by atoms with Gasteiger partial charge in [0.15, 0.2) is 0 Å². The minimum Gasteiger partial charge on any atom is -0.488 e. The highest BCUT2D eigenvalue weighted by Gasteiger charge is 2.26. The van der Waals surface area contributed by atoms with Crippen LogP contribution in [0.5, 0.6) is 5.75 Å². The standard InChI is InChI=1S/C18H17BrFNO3/c19-16-15(24-10-11-4-2-1-3-5-11)8-12-6-7-13(21-18(22)23)9-14(12)17(16)20/h1-5,8,13,21H,6-7,9-10H2,(H,22,23)/t13-/m1/s1. The third kappa shape index (κ3) is 3.70. The molecular formula is C18H17BrFNO3. The molecular weight excluding hydrogens is 377 g/mol. The highest BCUT2D eigenvalue weighted by Crippen LogP contribution is 2.36. The Bertz CT molecular complexity index is 752. The van der Waals surface area contributed by atoms with E-state index in [2.05, 4.69) is 21.2 Å². The predicted molar refractivity (Wildman–Crippen MR) is 91.8 cm³/mol. The lowest BCUT2D eigenvalue weighted by Gasteiger charge is -2.26. The molecule has 0 saturated heterocycles. The Balaban J connectivity index is 1.79. The molecule has 0 heterocycles. The first-order chi connectivity index (χ1) is 11.5. The molecule has 0 aromatic heterocycles. The number of nitrogens with one attached hydrogen (secondary N) is 1. The second kappa shape index (κ2) is 7.21. The van der Waals surface area contributed by atoms with E-state index in [1.54, 1.807) is 0 Å². The zero-order valence-corrected chi connectivity index (χ0v) is 14.5. The molecule has 0 unspecified atom stereocenters. The molecule has 24 heavy (non-hydrogen) atoms. The van der Waals surface area contributed by atoms with E-state index >= 15 is 0 Å². The molecule has 1 aliphatic rings. The summed E-state index contributed by atoms with van der Waals surface area (Å²) in [6, 6.07) is 11.3.